The third-order valence-electron chi connectivity index (χ3n) is 4.17. The molecule has 0 fully saturated rings. The summed E-state index contributed by atoms with van der Waals surface area (Å²) in [6.45, 7) is 1.10. The lowest BCUT2D eigenvalue weighted by molar-refractivity contribution is -0.384. The Labute approximate surface area is 162 Å². The van der Waals surface area contributed by atoms with Gasteiger partial charge in [0.05, 0.1) is 17.7 Å². The Balaban J connectivity index is 1.58. The highest BCUT2D eigenvalue weighted by Gasteiger charge is 2.09. The molecule has 0 aliphatic heterocycles. The minimum atomic E-state index is -0.460. The maximum atomic E-state index is 12.3. The second kappa shape index (κ2) is 8.77. The van der Waals surface area contributed by atoms with Crippen LogP contribution in [0.5, 0.6) is 0 Å². The number of carbonyl (C=O) groups is 1. The van der Waals surface area contributed by atoms with Crippen molar-refractivity contribution in [3.63, 3.8) is 0 Å². The van der Waals surface area contributed by atoms with E-state index in [1.807, 2.05) is 41.2 Å². The van der Waals surface area contributed by atoms with E-state index in [2.05, 4.69) is 5.10 Å². The van der Waals surface area contributed by atoms with Crippen molar-refractivity contribution in [1.29, 1.82) is 0 Å². The molecule has 0 spiro atoms. The molecule has 1 heterocycles. The Kier molecular flexibility index (Phi) is 5.96. The molecule has 0 N–H and O–H groups in total. The van der Waals surface area contributed by atoms with Crippen molar-refractivity contribution in [2.45, 2.75) is 13.1 Å². The minimum absolute atomic E-state index is 0.00576. The van der Waals surface area contributed by atoms with E-state index in [1.54, 1.807) is 36.4 Å². The molecule has 0 bridgehead atoms. The van der Waals surface area contributed by atoms with Crippen LogP contribution >= 0.6 is 0 Å². The minimum Gasteiger partial charge on any atom is -0.338 e. The first kappa shape index (κ1) is 19.0. The lowest BCUT2D eigenvalue weighted by Crippen LogP contribution is -2.23. The number of rotatable bonds is 7. The van der Waals surface area contributed by atoms with E-state index in [0.717, 1.165) is 11.1 Å². The molecule has 0 unspecified atom stereocenters. The number of nitro groups is 1. The summed E-state index contributed by atoms with van der Waals surface area (Å²) in [5.41, 5.74) is 2.68. The summed E-state index contributed by atoms with van der Waals surface area (Å²) in [5.74, 6) is -0.192. The molecule has 0 atom stereocenters. The van der Waals surface area contributed by atoms with E-state index in [1.165, 1.54) is 18.2 Å². The average Bonchev–Trinajstić information content (AvgIpc) is 3.13. The number of likely N-dealkylation sites (N-methyl/N-ethyl adjacent to an activating group) is 1. The van der Waals surface area contributed by atoms with Crippen LogP contribution in [0.15, 0.2) is 73.1 Å². The van der Waals surface area contributed by atoms with Gasteiger partial charge in [-0.25, -0.2) is 0 Å². The van der Waals surface area contributed by atoms with Gasteiger partial charge in [0.15, 0.2) is 0 Å². The fourth-order valence-electron chi connectivity index (χ4n) is 2.73. The lowest BCUT2D eigenvalue weighted by Gasteiger charge is -2.13. The quantitative estimate of drug-likeness (QED) is 0.359. The molecule has 1 aromatic heterocycles. The molecule has 0 radical (unpaired) electrons. The van der Waals surface area contributed by atoms with Gasteiger partial charge in [-0.2, -0.15) is 5.10 Å². The van der Waals surface area contributed by atoms with Crippen molar-refractivity contribution < 1.29 is 9.72 Å². The summed E-state index contributed by atoms with van der Waals surface area (Å²) in [6.07, 6.45) is 6.65. The zero-order chi connectivity index (χ0) is 19.9. The van der Waals surface area contributed by atoms with Crippen molar-refractivity contribution in [2.75, 3.05) is 7.05 Å². The maximum Gasteiger partial charge on any atom is 0.270 e. The molecule has 7 heteroatoms. The first-order chi connectivity index (χ1) is 13.5. The third kappa shape index (κ3) is 5.14. The van der Waals surface area contributed by atoms with Gasteiger partial charge >= 0.3 is 0 Å². The second-order valence-corrected chi connectivity index (χ2v) is 6.41. The van der Waals surface area contributed by atoms with Gasteiger partial charge in [-0.1, -0.05) is 42.5 Å². The first-order valence-electron chi connectivity index (χ1n) is 8.74. The van der Waals surface area contributed by atoms with Crippen LogP contribution < -0.4 is 0 Å². The number of aromatic nitrogens is 2. The van der Waals surface area contributed by atoms with Gasteiger partial charge in [-0.3, -0.25) is 19.6 Å². The Morgan fingerprint density at radius 3 is 2.71 bits per heavy atom. The van der Waals surface area contributed by atoms with E-state index >= 15 is 0 Å². The molecule has 0 saturated carbocycles. The molecular weight excluding hydrogens is 356 g/mol. The maximum absolute atomic E-state index is 12.3. The van der Waals surface area contributed by atoms with Crippen LogP contribution in [-0.2, 0) is 17.9 Å². The van der Waals surface area contributed by atoms with Gasteiger partial charge in [-0.05, 0) is 17.2 Å². The molecule has 0 aliphatic rings. The van der Waals surface area contributed by atoms with Crippen LogP contribution in [0.25, 0.3) is 6.08 Å². The van der Waals surface area contributed by atoms with Gasteiger partial charge in [0.2, 0.25) is 5.91 Å². The first-order valence-corrected chi connectivity index (χ1v) is 8.74. The monoisotopic (exact) mass is 376 g/mol. The average molecular weight is 376 g/mol. The Morgan fingerprint density at radius 1 is 1.18 bits per heavy atom. The molecule has 7 nitrogen and oxygen atoms in total. The summed E-state index contributed by atoms with van der Waals surface area (Å²) >= 11 is 0. The van der Waals surface area contributed by atoms with Gasteiger partial charge in [0.25, 0.3) is 5.69 Å². The highest BCUT2D eigenvalue weighted by atomic mass is 16.6. The summed E-state index contributed by atoms with van der Waals surface area (Å²) < 4.78 is 1.84. The molecule has 0 aliphatic carbocycles. The van der Waals surface area contributed by atoms with E-state index in [9.17, 15) is 14.9 Å². The van der Waals surface area contributed by atoms with Gasteiger partial charge in [0, 0.05) is 43.6 Å². The molecule has 3 rings (SSSR count). The lowest BCUT2D eigenvalue weighted by atomic mass is 10.2. The number of nitrogens with zero attached hydrogens (tertiary/aromatic N) is 4. The Hall–Kier alpha value is -3.74. The van der Waals surface area contributed by atoms with Crippen LogP contribution in [0.1, 0.15) is 16.7 Å². The van der Waals surface area contributed by atoms with E-state index in [4.69, 9.17) is 0 Å². The third-order valence-corrected chi connectivity index (χ3v) is 4.17. The summed E-state index contributed by atoms with van der Waals surface area (Å²) in [6, 6.07) is 16.2. The number of hydrogen-bond donors (Lipinski definition) is 0. The largest absolute Gasteiger partial charge is 0.338 e. The summed E-state index contributed by atoms with van der Waals surface area (Å²) in [4.78, 5) is 24.2. The fraction of sp³-hybridized carbons (Fsp3) is 0.143. The number of benzene rings is 2. The Bertz CT molecular complexity index is 996. The second-order valence-electron chi connectivity index (χ2n) is 6.41. The highest BCUT2D eigenvalue weighted by molar-refractivity contribution is 5.91. The van der Waals surface area contributed by atoms with Crippen molar-refractivity contribution in [1.82, 2.24) is 14.7 Å². The topological polar surface area (TPSA) is 81.3 Å². The molecule has 28 heavy (non-hydrogen) atoms. The van der Waals surface area contributed by atoms with Crippen LogP contribution in [0.4, 0.5) is 5.69 Å². The Morgan fingerprint density at radius 2 is 1.96 bits per heavy atom. The molecular formula is C21H20N4O3. The van der Waals surface area contributed by atoms with Crippen LogP contribution in [-0.4, -0.2) is 32.6 Å². The standard InChI is InChI=1S/C21H20N4O3/c1-23(21(26)11-10-17-8-5-9-20(12-17)25(27)28)14-19-13-22-24(16-19)15-18-6-3-2-4-7-18/h2-13,16H,14-15H2,1H3/b11-10+. The highest BCUT2D eigenvalue weighted by Crippen LogP contribution is 2.14. The van der Waals surface area contributed by atoms with Gasteiger partial charge in [0.1, 0.15) is 0 Å². The predicted molar refractivity (Wildman–Crippen MR) is 106 cm³/mol. The SMILES string of the molecule is CN(Cc1cnn(Cc2ccccc2)c1)C(=O)/C=C/c1cccc([N+](=O)[O-])c1. The summed E-state index contributed by atoms with van der Waals surface area (Å²) in [7, 11) is 1.70. The van der Waals surface area contributed by atoms with Crippen LogP contribution in [0.2, 0.25) is 0 Å². The van der Waals surface area contributed by atoms with Gasteiger partial charge < -0.3 is 4.90 Å². The van der Waals surface area contributed by atoms with E-state index < -0.39 is 4.92 Å². The van der Waals surface area contributed by atoms with Gasteiger partial charge in [-0.15, -0.1) is 0 Å². The number of non-ortho nitro benzene ring substituents is 1. The van der Waals surface area contributed by atoms with E-state index in [-0.39, 0.29) is 11.6 Å². The zero-order valence-electron chi connectivity index (χ0n) is 15.4. The molecule has 1 amide bonds. The van der Waals surface area contributed by atoms with Crippen molar-refractivity contribution in [3.05, 3.63) is 99.9 Å². The van der Waals surface area contributed by atoms with Crippen molar-refractivity contribution in [2.24, 2.45) is 0 Å². The number of nitro benzene ring substituents is 1. The predicted octanol–water partition coefficient (Wildman–Crippen LogP) is 3.51. The van der Waals surface area contributed by atoms with Crippen LogP contribution in [0, 0.1) is 10.1 Å². The van der Waals surface area contributed by atoms with E-state index in [0.29, 0.717) is 18.7 Å². The van der Waals surface area contributed by atoms with Crippen molar-refractivity contribution in [3.8, 4) is 0 Å². The zero-order valence-corrected chi connectivity index (χ0v) is 15.4. The van der Waals surface area contributed by atoms with Crippen LogP contribution in [0.3, 0.4) is 0 Å². The fourth-order valence-corrected chi connectivity index (χ4v) is 2.73. The number of carbonyl (C=O) groups excluding carboxylic acids is 1. The van der Waals surface area contributed by atoms with Crippen molar-refractivity contribution >= 4 is 17.7 Å². The molecule has 142 valence electrons. The number of amides is 1. The summed E-state index contributed by atoms with van der Waals surface area (Å²) in [5, 5.41) is 15.2. The number of hydrogen-bond acceptors (Lipinski definition) is 4. The smallest absolute Gasteiger partial charge is 0.270 e. The molecule has 2 aromatic carbocycles. The molecule has 3 aromatic rings. The molecule has 0 saturated heterocycles. The normalized spacial score (nSPS) is 10.9.